The molecule has 0 bridgehead atoms. The molecular weight excluding hydrogens is 570 g/mol. The number of benzene rings is 2. The Morgan fingerprint density at radius 1 is 1.24 bits per heavy atom. The van der Waals surface area contributed by atoms with Gasteiger partial charge < -0.3 is 19.9 Å². The van der Waals surface area contributed by atoms with Crippen molar-refractivity contribution in [3.8, 4) is 11.5 Å². The zero-order valence-electron chi connectivity index (χ0n) is 17.0. The first kappa shape index (κ1) is 24.5. The van der Waals surface area contributed by atoms with Crippen molar-refractivity contribution in [2.75, 3.05) is 25.6 Å². The fraction of sp³-hybridized carbons (Fsp3) is 0.143. The maximum absolute atomic E-state index is 13.0. The van der Waals surface area contributed by atoms with E-state index in [1.165, 1.54) is 37.5 Å². The van der Waals surface area contributed by atoms with Crippen LogP contribution < -0.4 is 14.8 Å². The molecule has 2 aromatic rings. The van der Waals surface area contributed by atoms with Crippen LogP contribution in [0.2, 0.25) is 0 Å². The van der Waals surface area contributed by atoms with Crippen molar-refractivity contribution in [1.29, 1.82) is 0 Å². The van der Waals surface area contributed by atoms with E-state index >= 15 is 0 Å². The Balaban J connectivity index is 1.73. The van der Waals surface area contributed by atoms with Gasteiger partial charge in [-0.1, -0.05) is 0 Å². The van der Waals surface area contributed by atoms with Gasteiger partial charge in [0.2, 0.25) is 0 Å². The van der Waals surface area contributed by atoms with Gasteiger partial charge in [-0.2, -0.15) is 0 Å². The van der Waals surface area contributed by atoms with Crippen molar-refractivity contribution in [2.24, 2.45) is 0 Å². The van der Waals surface area contributed by atoms with Crippen LogP contribution in [0.5, 0.6) is 11.5 Å². The highest BCUT2D eigenvalue weighted by atomic mass is 127. The fourth-order valence-corrected chi connectivity index (χ4v) is 4.37. The summed E-state index contributed by atoms with van der Waals surface area (Å²) in [4.78, 5) is 48.0. The molecule has 2 N–H and O–H groups in total. The second-order valence-corrected chi connectivity index (χ2v) is 8.69. The number of nitrogens with zero attached hydrogens (tertiary/aromatic N) is 1. The van der Waals surface area contributed by atoms with Gasteiger partial charge in [0.25, 0.3) is 17.1 Å². The molecule has 12 heteroatoms. The molecule has 172 valence electrons. The Hall–Kier alpha value is -3.13. The molecule has 33 heavy (non-hydrogen) atoms. The summed E-state index contributed by atoms with van der Waals surface area (Å²) in [6.07, 6.45) is 1.45. The second-order valence-electron chi connectivity index (χ2n) is 6.54. The average Bonchev–Trinajstić information content (AvgIpc) is 3.01. The molecule has 2 aromatic carbocycles. The number of anilines is 1. The van der Waals surface area contributed by atoms with Gasteiger partial charge >= 0.3 is 5.97 Å². The van der Waals surface area contributed by atoms with Gasteiger partial charge in [0, 0.05) is 5.69 Å². The molecule has 0 radical (unpaired) electrons. The third-order valence-corrected chi connectivity index (χ3v) is 5.90. The fourth-order valence-electron chi connectivity index (χ4n) is 2.75. The van der Waals surface area contributed by atoms with Gasteiger partial charge in [-0.15, -0.1) is 0 Å². The van der Waals surface area contributed by atoms with E-state index in [9.17, 15) is 23.6 Å². The minimum atomic E-state index is -1.29. The lowest BCUT2D eigenvalue weighted by atomic mass is 10.2. The number of nitrogens with one attached hydrogen (secondary N) is 1. The molecule has 3 rings (SSSR count). The van der Waals surface area contributed by atoms with Gasteiger partial charge in [-0.05, 0) is 82.4 Å². The standard InChI is InChI=1S/C21H16FIN2O7S/c1-31-15-7-11(8-16-20(29)25(9-18(27)28)21(30)33-16)6-14(23)19(15)32-10-17(26)24-13-4-2-12(22)3-5-13/h2-8H,9-10H2,1H3,(H,24,26)(H,27,28)/b16-8+. The summed E-state index contributed by atoms with van der Waals surface area (Å²) in [6.45, 7) is -1.05. The van der Waals surface area contributed by atoms with Gasteiger partial charge in [-0.25, -0.2) is 4.39 Å². The first-order valence-corrected chi connectivity index (χ1v) is 11.1. The molecule has 1 aliphatic rings. The predicted octanol–water partition coefficient (Wildman–Crippen LogP) is 3.58. The molecule has 9 nitrogen and oxygen atoms in total. The van der Waals surface area contributed by atoms with Crippen molar-refractivity contribution in [3.05, 3.63) is 56.3 Å². The van der Waals surface area contributed by atoms with E-state index in [-0.39, 0.29) is 17.3 Å². The average molecular weight is 586 g/mol. The maximum atomic E-state index is 13.0. The Morgan fingerprint density at radius 2 is 1.94 bits per heavy atom. The van der Waals surface area contributed by atoms with E-state index in [1.54, 1.807) is 12.1 Å². The van der Waals surface area contributed by atoms with Gasteiger partial charge in [0.05, 0.1) is 15.6 Å². The van der Waals surface area contributed by atoms with Gasteiger partial charge in [0.1, 0.15) is 12.4 Å². The lowest BCUT2D eigenvalue weighted by Gasteiger charge is -2.14. The van der Waals surface area contributed by atoms with Crippen molar-refractivity contribution in [2.45, 2.75) is 0 Å². The highest BCUT2D eigenvalue weighted by Gasteiger charge is 2.36. The number of carbonyl (C=O) groups excluding carboxylic acids is 3. The Bertz CT molecular complexity index is 1150. The molecule has 0 unspecified atom stereocenters. The number of hydrogen-bond donors (Lipinski definition) is 2. The molecule has 0 aliphatic carbocycles. The molecule has 0 saturated carbocycles. The molecule has 0 spiro atoms. The molecular formula is C21H16FIN2O7S. The molecule has 0 aromatic heterocycles. The highest BCUT2D eigenvalue weighted by Crippen LogP contribution is 2.37. The summed E-state index contributed by atoms with van der Waals surface area (Å²) in [6, 6.07) is 8.49. The van der Waals surface area contributed by atoms with Crippen LogP contribution in [0.3, 0.4) is 0 Å². The number of halogens is 2. The summed E-state index contributed by atoms with van der Waals surface area (Å²) in [7, 11) is 1.40. The Labute approximate surface area is 205 Å². The number of carboxylic acid groups (broad SMARTS) is 1. The van der Waals surface area contributed by atoms with Crippen LogP contribution in [0.25, 0.3) is 6.08 Å². The van der Waals surface area contributed by atoms with E-state index in [2.05, 4.69) is 5.32 Å². The predicted molar refractivity (Wildman–Crippen MR) is 127 cm³/mol. The van der Waals surface area contributed by atoms with Crippen molar-refractivity contribution in [1.82, 2.24) is 4.90 Å². The Kier molecular flexibility index (Phi) is 7.92. The number of amides is 3. The minimum Gasteiger partial charge on any atom is -0.493 e. The number of hydrogen-bond acceptors (Lipinski definition) is 7. The van der Waals surface area contributed by atoms with Crippen LogP contribution in [-0.2, 0) is 14.4 Å². The first-order valence-electron chi connectivity index (χ1n) is 9.21. The molecule has 3 amide bonds. The lowest BCUT2D eigenvalue weighted by molar-refractivity contribution is -0.140. The van der Waals surface area contributed by atoms with E-state index in [4.69, 9.17) is 14.6 Å². The third kappa shape index (κ3) is 6.22. The number of carboxylic acids is 1. The monoisotopic (exact) mass is 586 g/mol. The summed E-state index contributed by atoms with van der Waals surface area (Å²) in [5.41, 5.74) is 0.930. The van der Waals surface area contributed by atoms with Gasteiger partial charge in [-0.3, -0.25) is 24.1 Å². The van der Waals surface area contributed by atoms with E-state index in [1.807, 2.05) is 22.6 Å². The number of rotatable bonds is 8. The number of methoxy groups -OCH3 is 1. The van der Waals surface area contributed by atoms with Crippen LogP contribution in [0, 0.1) is 9.39 Å². The molecule has 1 aliphatic heterocycles. The van der Waals surface area contributed by atoms with E-state index < -0.39 is 35.4 Å². The van der Waals surface area contributed by atoms with Crippen LogP contribution in [0.1, 0.15) is 5.56 Å². The zero-order valence-corrected chi connectivity index (χ0v) is 19.9. The number of ether oxygens (including phenoxy) is 2. The van der Waals surface area contributed by atoms with Gasteiger partial charge in [0.15, 0.2) is 18.1 Å². The largest absolute Gasteiger partial charge is 0.493 e. The molecule has 1 saturated heterocycles. The quantitative estimate of drug-likeness (QED) is 0.356. The summed E-state index contributed by atoms with van der Waals surface area (Å²) in [5.74, 6) is -2.29. The normalized spacial score (nSPS) is 14.5. The van der Waals surface area contributed by atoms with Crippen LogP contribution in [0.4, 0.5) is 14.9 Å². The maximum Gasteiger partial charge on any atom is 0.323 e. The molecule has 1 heterocycles. The first-order chi connectivity index (χ1) is 15.7. The Morgan fingerprint density at radius 3 is 2.58 bits per heavy atom. The lowest BCUT2D eigenvalue weighted by Crippen LogP contribution is -2.33. The highest BCUT2D eigenvalue weighted by molar-refractivity contribution is 14.1. The summed E-state index contributed by atoms with van der Waals surface area (Å²) >= 11 is 2.61. The zero-order chi connectivity index (χ0) is 24.1. The summed E-state index contributed by atoms with van der Waals surface area (Å²) < 4.78 is 24.5. The smallest absolute Gasteiger partial charge is 0.323 e. The summed E-state index contributed by atoms with van der Waals surface area (Å²) in [5, 5.41) is 10.8. The minimum absolute atomic E-state index is 0.0754. The second kappa shape index (κ2) is 10.7. The third-order valence-electron chi connectivity index (χ3n) is 4.19. The number of carbonyl (C=O) groups is 4. The number of aliphatic carboxylic acids is 1. The van der Waals surface area contributed by atoms with Crippen molar-refractivity contribution < 1.29 is 38.1 Å². The molecule has 1 fully saturated rings. The van der Waals surface area contributed by atoms with Crippen LogP contribution >= 0.6 is 34.4 Å². The van der Waals surface area contributed by atoms with E-state index in [0.29, 0.717) is 37.2 Å². The number of thioether (sulfide) groups is 1. The van der Waals surface area contributed by atoms with Crippen molar-refractivity contribution >= 4 is 69.1 Å². The SMILES string of the molecule is COc1cc(/C=C2/SC(=O)N(CC(=O)O)C2=O)cc(I)c1OCC(=O)Nc1ccc(F)cc1. The van der Waals surface area contributed by atoms with E-state index in [0.717, 1.165) is 0 Å². The van der Waals surface area contributed by atoms with Crippen LogP contribution in [-0.4, -0.2) is 53.3 Å². The topological polar surface area (TPSA) is 122 Å². The number of imide groups is 1. The van der Waals surface area contributed by atoms with Crippen LogP contribution in [0.15, 0.2) is 41.3 Å². The molecule has 0 atom stereocenters. The van der Waals surface area contributed by atoms with Crippen molar-refractivity contribution in [3.63, 3.8) is 0 Å².